The van der Waals surface area contributed by atoms with Gasteiger partial charge in [0.05, 0.1) is 49.8 Å². The maximum Gasteiger partial charge on any atom is 0.321 e. The van der Waals surface area contributed by atoms with Crippen molar-refractivity contribution in [2.24, 2.45) is 5.73 Å². The largest absolute Gasteiger partial charge is 0.493 e. The number of nitrogens with one attached hydrogen (secondary N) is 1. The molecule has 0 saturated carbocycles. The Balaban J connectivity index is 1.26. The van der Waals surface area contributed by atoms with Crippen LogP contribution in [0.5, 0.6) is 11.5 Å². The summed E-state index contributed by atoms with van der Waals surface area (Å²) in [6, 6.07) is 12.7. The van der Waals surface area contributed by atoms with E-state index in [4.69, 9.17) is 25.2 Å². The first-order chi connectivity index (χ1) is 20.1. The topological polar surface area (TPSA) is 129 Å². The minimum atomic E-state index is -0.162. The van der Waals surface area contributed by atoms with Crippen LogP contribution in [-0.4, -0.2) is 93.6 Å². The van der Waals surface area contributed by atoms with Crippen LogP contribution in [0.3, 0.4) is 0 Å². The van der Waals surface area contributed by atoms with Crippen molar-refractivity contribution in [3.63, 3.8) is 0 Å². The smallest absolute Gasteiger partial charge is 0.321 e. The van der Waals surface area contributed by atoms with Crippen LogP contribution in [0.25, 0.3) is 10.9 Å². The van der Waals surface area contributed by atoms with Gasteiger partial charge in [-0.25, -0.2) is 4.79 Å². The number of aromatic nitrogens is 1. The first-order valence-electron chi connectivity index (χ1n) is 14.0. The summed E-state index contributed by atoms with van der Waals surface area (Å²) < 4.78 is 17.3. The molecule has 3 aromatic rings. The van der Waals surface area contributed by atoms with Gasteiger partial charge in [-0.3, -0.25) is 9.88 Å². The van der Waals surface area contributed by atoms with Crippen molar-refractivity contribution in [2.45, 2.75) is 13.0 Å². The van der Waals surface area contributed by atoms with E-state index in [1.165, 1.54) is 0 Å². The SMILES string of the molecule is COc1cc2c(N3CCN(C(=O)Nc4ccc(C#N)cc4)CC3)c(CN)cnc2cc1OCCCN1CCOCC1. The maximum atomic E-state index is 12.9. The Kier molecular flexibility index (Phi) is 9.36. The van der Waals surface area contributed by atoms with Gasteiger partial charge in [-0.2, -0.15) is 5.26 Å². The highest BCUT2D eigenvalue weighted by molar-refractivity contribution is 5.96. The van der Waals surface area contributed by atoms with Gasteiger partial charge in [-0.1, -0.05) is 0 Å². The molecule has 11 heteroatoms. The Bertz CT molecular complexity index is 1380. The zero-order valence-electron chi connectivity index (χ0n) is 23.5. The fraction of sp³-hybridized carbons (Fsp3) is 0.433. The van der Waals surface area contributed by atoms with Crippen molar-refractivity contribution in [2.75, 3.05) is 83.0 Å². The van der Waals surface area contributed by atoms with Crippen molar-refractivity contribution in [3.05, 3.63) is 53.7 Å². The molecular formula is C30H37N7O4. The monoisotopic (exact) mass is 559 g/mol. The van der Waals surface area contributed by atoms with E-state index in [1.807, 2.05) is 18.3 Å². The van der Waals surface area contributed by atoms with Crippen molar-refractivity contribution in [1.29, 1.82) is 5.26 Å². The lowest BCUT2D eigenvalue weighted by Crippen LogP contribution is -2.50. The Labute approximate surface area is 240 Å². The molecule has 0 radical (unpaired) electrons. The summed E-state index contributed by atoms with van der Waals surface area (Å²) in [5.41, 5.74) is 10.1. The maximum absolute atomic E-state index is 12.9. The van der Waals surface area contributed by atoms with Crippen LogP contribution >= 0.6 is 0 Å². The van der Waals surface area contributed by atoms with Crippen LogP contribution in [0.4, 0.5) is 16.2 Å². The number of pyridine rings is 1. The van der Waals surface area contributed by atoms with Crippen molar-refractivity contribution in [3.8, 4) is 17.6 Å². The Morgan fingerprint density at radius 3 is 2.54 bits per heavy atom. The van der Waals surface area contributed by atoms with E-state index in [0.29, 0.717) is 62.1 Å². The van der Waals surface area contributed by atoms with E-state index in [2.05, 4.69) is 26.2 Å². The van der Waals surface area contributed by atoms with Gasteiger partial charge in [0.15, 0.2) is 11.5 Å². The summed E-state index contributed by atoms with van der Waals surface area (Å²) in [7, 11) is 1.65. The molecule has 2 aliphatic heterocycles. The first-order valence-corrected chi connectivity index (χ1v) is 14.0. The number of amides is 2. The van der Waals surface area contributed by atoms with Crippen molar-refractivity contribution in [1.82, 2.24) is 14.8 Å². The molecule has 1 aromatic heterocycles. The summed E-state index contributed by atoms with van der Waals surface area (Å²) in [6.07, 6.45) is 2.74. The molecule has 2 amide bonds. The summed E-state index contributed by atoms with van der Waals surface area (Å²) in [5, 5.41) is 12.9. The number of carbonyl (C=O) groups is 1. The third-order valence-corrected chi connectivity index (χ3v) is 7.55. The molecule has 2 fully saturated rings. The number of fused-ring (bicyclic) bond motifs is 1. The first kappa shape index (κ1) is 28.4. The second kappa shape index (κ2) is 13.5. The Hall–Kier alpha value is -4.11. The molecule has 0 spiro atoms. The van der Waals surface area contributed by atoms with Crippen LogP contribution < -0.4 is 25.4 Å². The van der Waals surface area contributed by atoms with E-state index < -0.39 is 0 Å². The van der Waals surface area contributed by atoms with Crippen molar-refractivity contribution >= 4 is 28.3 Å². The second-order valence-corrected chi connectivity index (χ2v) is 10.1. The summed E-state index contributed by atoms with van der Waals surface area (Å²) in [6.45, 7) is 7.81. The number of methoxy groups -OCH3 is 1. The number of hydrogen-bond acceptors (Lipinski definition) is 9. The number of piperazine rings is 1. The third kappa shape index (κ3) is 6.79. The van der Waals surface area contributed by atoms with Crippen LogP contribution in [0.1, 0.15) is 17.5 Å². The van der Waals surface area contributed by atoms with Crippen LogP contribution in [-0.2, 0) is 11.3 Å². The number of hydrogen-bond donors (Lipinski definition) is 2. The second-order valence-electron chi connectivity index (χ2n) is 10.1. The molecule has 0 atom stereocenters. The van der Waals surface area contributed by atoms with E-state index in [9.17, 15) is 4.79 Å². The normalized spacial score (nSPS) is 15.9. The number of nitriles is 1. The molecular weight excluding hydrogens is 522 g/mol. The van der Waals surface area contributed by atoms with Crippen LogP contribution in [0, 0.1) is 11.3 Å². The van der Waals surface area contributed by atoms with Gasteiger partial charge in [-0.05, 0) is 36.8 Å². The predicted molar refractivity (Wildman–Crippen MR) is 158 cm³/mol. The molecule has 0 bridgehead atoms. The van der Waals surface area contributed by atoms with Gasteiger partial charge in [0.1, 0.15) is 0 Å². The highest BCUT2D eigenvalue weighted by Gasteiger charge is 2.25. The molecule has 2 aromatic carbocycles. The van der Waals surface area contributed by atoms with Gasteiger partial charge >= 0.3 is 6.03 Å². The lowest BCUT2D eigenvalue weighted by Gasteiger charge is -2.37. The van der Waals surface area contributed by atoms with Gasteiger partial charge in [-0.15, -0.1) is 0 Å². The van der Waals surface area contributed by atoms with E-state index in [-0.39, 0.29) is 6.03 Å². The average molecular weight is 560 g/mol. The molecule has 41 heavy (non-hydrogen) atoms. The average Bonchev–Trinajstić information content (AvgIpc) is 3.03. The molecule has 11 nitrogen and oxygen atoms in total. The molecule has 3 N–H and O–H groups in total. The van der Waals surface area contributed by atoms with Gasteiger partial charge < -0.3 is 35.1 Å². The molecule has 0 aliphatic carbocycles. The standard InChI is InChI=1S/C30H37N7O4/c1-39-27-17-25-26(18-28(27)41-14-2-7-35-12-15-40-16-13-35)33-21-23(20-32)29(25)36-8-10-37(11-9-36)30(38)34-24-5-3-22(19-31)4-6-24/h3-6,17-18,21H,2,7-16,20,32H2,1H3,(H,34,38). The number of morpholine rings is 1. The minimum absolute atomic E-state index is 0.162. The molecule has 3 heterocycles. The molecule has 5 rings (SSSR count). The number of carbonyl (C=O) groups excluding carboxylic acids is 1. The number of nitrogens with zero attached hydrogens (tertiary/aromatic N) is 5. The number of rotatable bonds is 9. The fourth-order valence-electron chi connectivity index (χ4n) is 5.28. The Morgan fingerprint density at radius 2 is 1.85 bits per heavy atom. The number of benzene rings is 2. The third-order valence-electron chi connectivity index (χ3n) is 7.55. The van der Waals surface area contributed by atoms with Gasteiger partial charge in [0, 0.05) is 81.3 Å². The lowest BCUT2D eigenvalue weighted by atomic mass is 10.1. The summed E-state index contributed by atoms with van der Waals surface area (Å²) in [4.78, 5) is 24.0. The van der Waals surface area contributed by atoms with Gasteiger partial charge in [0.25, 0.3) is 0 Å². The number of nitrogens with two attached hydrogens (primary N) is 1. The lowest BCUT2D eigenvalue weighted by molar-refractivity contribution is 0.0357. The van der Waals surface area contributed by atoms with Crippen LogP contribution in [0.15, 0.2) is 42.6 Å². The molecule has 216 valence electrons. The quantitative estimate of drug-likeness (QED) is 0.380. The minimum Gasteiger partial charge on any atom is -0.493 e. The van der Waals surface area contributed by atoms with E-state index in [0.717, 1.165) is 61.4 Å². The highest BCUT2D eigenvalue weighted by atomic mass is 16.5. The Morgan fingerprint density at radius 1 is 1.10 bits per heavy atom. The van der Waals surface area contributed by atoms with Gasteiger partial charge in [0.2, 0.25) is 0 Å². The molecule has 0 unspecified atom stereocenters. The zero-order valence-corrected chi connectivity index (χ0v) is 23.5. The highest BCUT2D eigenvalue weighted by Crippen LogP contribution is 2.38. The number of anilines is 2. The summed E-state index contributed by atoms with van der Waals surface area (Å²) >= 11 is 0. The zero-order chi connectivity index (χ0) is 28.6. The van der Waals surface area contributed by atoms with Crippen LogP contribution in [0.2, 0.25) is 0 Å². The summed E-state index contributed by atoms with van der Waals surface area (Å²) in [5.74, 6) is 1.33. The van der Waals surface area contributed by atoms with E-state index in [1.54, 1.807) is 36.3 Å². The molecule has 2 aliphatic rings. The predicted octanol–water partition coefficient (Wildman–Crippen LogP) is 3.03. The van der Waals surface area contributed by atoms with Crippen molar-refractivity contribution < 1.29 is 19.0 Å². The number of urea groups is 1. The van der Waals surface area contributed by atoms with E-state index >= 15 is 0 Å². The fourth-order valence-corrected chi connectivity index (χ4v) is 5.28. The molecule has 2 saturated heterocycles. The number of ether oxygens (including phenoxy) is 3.